The number of nitrogens with one attached hydrogen (secondary N) is 1. The number of nitrogens with two attached hydrogens (primary N) is 1. The number of rotatable bonds is 6. The molecule has 6 heteroatoms. The fourth-order valence-electron chi connectivity index (χ4n) is 3.03. The predicted molar refractivity (Wildman–Crippen MR) is 97.2 cm³/mol. The number of aromatic nitrogens is 1. The van der Waals surface area contributed by atoms with Gasteiger partial charge in [-0.2, -0.15) is 0 Å². The van der Waals surface area contributed by atoms with E-state index < -0.39 is 5.97 Å². The Hall–Kier alpha value is -2.11. The minimum absolute atomic E-state index is 0.0448. The van der Waals surface area contributed by atoms with Gasteiger partial charge in [-0.1, -0.05) is 23.7 Å². The molecule has 134 valence electrons. The molecule has 5 nitrogen and oxygen atoms in total. The summed E-state index contributed by atoms with van der Waals surface area (Å²) < 4.78 is 4.79. The molecule has 0 saturated carbocycles. The average Bonchev–Trinajstić information content (AvgIpc) is 2.88. The molecule has 2 aromatic rings. The summed E-state index contributed by atoms with van der Waals surface area (Å²) in [5, 5.41) is 2.69. The summed E-state index contributed by atoms with van der Waals surface area (Å²) in [4.78, 5) is 27.7. The number of benzene rings is 1. The summed E-state index contributed by atoms with van der Waals surface area (Å²) in [5.41, 5.74) is 3.27. The first-order chi connectivity index (χ1) is 11.8. The van der Waals surface area contributed by atoms with Crippen LogP contribution in [-0.4, -0.2) is 29.9 Å². The van der Waals surface area contributed by atoms with Gasteiger partial charge in [0.1, 0.15) is 12.1 Å². The van der Waals surface area contributed by atoms with Gasteiger partial charge in [-0.3, -0.25) is 4.79 Å². The molecular weight excluding hydrogens is 340 g/mol. The smallest absolute Gasteiger partial charge is 0.339 e. The topological polar surface area (TPSA) is 75.8 Å². The lowest BCUT2D eigenvalue weighted by Crippen LogP contribution is -2.91. The van der Waals surface area contributed by atoms with Crippen molar-refractivity contribution < 1.29 is 19.6 Å². The quantitative estimate of drug-likeness (QED) is 0.612. The van der Waals surface area contributed by atoms with Crippen LogP contribution >= 0.6 is 11.6 Å². The fourth-order valence-corrected chi connectivity index (χ4v) is 3.16. The van der Waals surface area contributed by atoms with E-state index in [1.54, 1.807) is 13.8 Å². The highest BCUT2D eigenvalue weighted by Crippen LogP contribution is 2.20. The maximum Gasteiger partial charge on any atom is 0.339 e. The van der Waals surface area contributed by atoms with Crippen LogP contribution in [0.25, 0.3) is 0 Å². The molecule has 2 atom stereocenters. The summed E-state index contributed by atoms with van der Waals surface area (Å²) in [5.74, 6) is -0.479. The van der Waals surface area contributed by atoms with Gasteiger partial charge in [-0.05, 0) is 45.4 Å². The van der Waals surface area contributed by atoms with Crippen molar-refractivity contribution in [2.75, 3.05) is 7.11 Å². The number of hydrogen-bond donors (Lipinski definition) is 2. The Labute approximate surface area is 152 Å². The van der Waals surface area contributed by atoms with Crippen molar-refractivity contribution in [3.05, 3.63) is 57.4 Å². The number of carbonyl (C=O) groups excluding carboxylic acids is 2. The zero-order chi connectivity index (χ0) is 18.7. The summed E-state index contributed by atoms with van der Waals surface area (Å²) in [6, 6.07) is 7.41. The molecule has 0 aliphatic rings. The SMILES string of the molecule is COC(=O)c1c(C)[nH]c(C(=O)[C@@H](C)[NH2+][C@H](C)c2ccc(Cl)cc2)c1C. The van der Waals surface area contributed by atoms with Crippen LogP contribution in [-0.2, 0) is 4.74 Å². The number of aryl methyl sites for hydroxylation is 1. The molecule has 0 aliphatic heterocycles. The Morgan fingerprint density at radius 1 is 1.16 bits per heavy atom. The first-order valence-electron chi connectivity index (χ1n) is 8.18. The third-order valence-electron chi connectivity index (χ3n) is 4.46. The number of ether oxygens (including phenoxy) is 1. The van der Waals surface area contributed by atoms with Gasteiger partial charge in [0.25, 0.3) is 0 Å². The van der Waals surface area contributed by atoms with Gasteiger partial charge in [-0.25, -0.2) is 4.79 Å². The number of hydrogen-bond acceptors (Lipinski definition) is 3. The van der Waals surface area contributed by atoms with E-state index in [2.05, 4.69) is 4.98 Å². The normalized spacial score (nSPS) is 13.4. The molecule has 3 N–H and O–H groups in total. The number of methoxy groups -OCH3 is 1. The minimum Gasteiger partial charge on any atom is -0.465 e. The molecule has 0 unspecified atom stereocenters. The van der Waals surface area contributed by atoms with E-state index in [1.165, 1.54) is 7.11 Å². The zero-order valence-electron chi connectivity index (χ0n) is 15.1. The summed E-state index contributed by atoms with van der Waals surface area (Å²) in [6.07, 6.45) is 0. The van der Waals surface area contributed by atoms with Crippen LogP contribution in [0.1, 0.15) is 57.6 Å². The van der Waals surface area contributed by atoms with Gasteiger partial charge in [-0.15, -0.1) is 0 Å². The summed E-state index contributed by atoms with van der Waals surface area (Å²) in [6.45, 7) is 7.43. The van der Waals surface area contributed by atoms with Gasteiger partial charge < -0.3 is 15.0 Å². The maximum atomic E-state index is 12.8. The Balaban J connectivity index is 2.17. The fraction of sp³-hybridized carbons (Fsp3) is 0.368. The maximum absolute atomic E-state index is 12.8. The van der Waals surface area contributed by atoms with Crippen molar-refractivity contribution in [3.63, 3.8) is 0 Å². The standard InChI is InChI=1S/C19H23ClN2O3/c1-10-16(19(24)25-5)12(3)22-17(10)18(23)13(4)21-11(2)14-6-8-15(20)9-7-14/h6-9,11,13,21-22H,1-5H3/p+1/t11-,13-/m1/s1. The van der Waals surface area contributed by atoms with E-state index in [4.69, 9.17) is 16.3 Å². The summed E-state index contributed by atoms with van der Waals surface area (Å²) in [7, 11) is 1.33. The van der Waals surface area contributed by atoms with E-state index in [1.807, 2.05) is 43.4 Å². The third-order valence-corrected chi connectivity index (χ3v) is 4.71. The molecule has 1 aromatic carbocycles. The zero-order valence-corrected chi connectivity index (χ0v) is 15.9. The van der Waals surface area contributed by atoms with Crippen LogP contribution < -0.4 is 5.32 Å². The lowest BCUT2D eigenvalue weighted by atomic mass is 10.0. The van der Waals surface area contributed by atoms with E-state index in [0.717, 1.165) is 5.56 Å². The van der Waals surface area contributed by atoms with E-state index in [0.29, 0.717) is 27.5 Å². The number of H-pyrrole nitrogens is 1. The van der Waals surface area contributed by atoms with Crippen molar-refractivity contribution in [3.8, 4) is 0 Å². The van der Waals surface area contributed by atoms with Crippen LogP contribution in [0.15, 0.2) is 24.3 Å². The number of ketones is 1. The molecule has 25 heavy (non-hydrogen) atoms. The molecule has 0 aliphatic carbocycles. The van der Waals surface area contributed by atoms with Crippen molar-refractivity contribution >= 4 is 23.4 Å². The molecule has 0 fully saturated rings. The van der Waals surface area contributed by atoms with E-state index in [-0.39, 0.29) is 17.9 Å². The predicted octanol–water partition coefficient (Wildman–Crippen LogP) is 2.97. The highest BCUT2D eigenvalue weighted by Gasteiger charge is 2.28. The second-order valence-corrected chi connectivity index (χ2v) is 6.74. The van der Waals surface area contributed by atoms with Crippen molar-refractivity contribution in [2.45, 2.75) is 39.8 Å². The van der Waals surface area contributed by atoms with Gasteiger partial charge in [0.15, 0.2) is 0 Å². The number of Topliss-reactive ketones (excluding diaryl/α,β-unsaturated/α-hetero) is 1. The molecule has 0 amide bonds. The van der Waals surface area contributed by atoms with Gasteiger partial charge in [0, 0.05) is 16.3 Å². The Morgan fingerprint density at radius 3 is 2.32 bits per heavy atom. The molecule has 2 rings (SSSR count). The minimum atomic E-state index is -0.434. The van der Waals surface area contributed by atoms with Gasteiger partial charge >= 0.3 is 5.97 Å². The third kappa shape index (κ3) is 4.11. The second-order valence-electron chi connectivity index (χ2n) is 6.30. The van der Waals surface area contributed by atoms with E-state index >= 15 is 0 Å². The molecule has 0 saturated heterocycles. The second kappa shape index (κ2) is 7.85. The first kappa shape index (κ1) is 19.2. The number of esters is 1. The van der Waals surface area contributed by atoms with E-state index in [9.17, 15) is 9.59 Å². The van der Waals surface area contributed by atoms with Crippen molar-refractivity contribution in [1.82, 2.24) is 4.98 Å². The first-order valence-corrected chi connectivity index (χ1v) is 8.56. The number of carbonyl (C=O) groups is 2. The van der Waals surface area contributed by atoms with Crippen LogP contribution in [0.4, 0.5) is 0 Å². The molecule has 0 bridgehead atoms. The molecule has 1 aromatic heterocycles. The van der Waals surface area contributed by atoms with Crippen LogP contribution in [0.5, 0.6) is 0 Å². The lowest BCUT2D eigenvalue weighted by molar-refractivity contribution is -0.709. The highest BCUT2D eigenvalue weighted by atomic mass is 35.5. The number of aromatic amines is 1. The van der Waals surface area contributed by atoms with Crippen molar-refractivity contribution in [2.24, 2.45) is 0 Å². The lowest BCUT2D eigenvalue weighted by Gasteiger charge is -2.16. The van der Waals surface area contributed by atoms with Gasteiger partial charge in [0.05, 0.1) is 18.4 Å². The molecular formula is C19H24ClN2O3+. The largest absolute Gasteiger partial charge is 0.465 e. The van der Waals surface area contributed by atoms with Crippen LogP contribution in [0.2, 0.25) is 5.02 Å². The Bertz CT molecular complexity index is 781. The molecule has 0 radical (unpaired) electrons. The monoisotopic (exact) mass is 363 g/mol. The van der Waals surface area contributed by atoms with Crippen LogP contribution in [0.3, 0.4) is 0 Å². The Morgan fingerprint density at radius 2 is 1.76 bits per heavy atom. The number of quaternary nitrogens is 1. The molecule has 0 spiro atoms. The van der Waals surface area contributed by atoms with Crippen molar-refractivity contribution in [1.29, 1.82) is 0 Å². The van der Waals surface area contributed by atoms with Gasteiger partial charge in [0.2, 0.25) is 5.78 Å². The highest BCUT2D eigenvalue weighted by molar-refractivity contribution is 6.30. The average molecular weight is 364 g/mol. The number of halogens is 1. The Kier molecular flexibility index (Phi) is 6.03. The summed E-state index contributed by atoms with van der Waals surface area (Å²) >= 11 is 5.92. The molecule has 1 heterocycles. The van der Waals surface area contributed by atoms with Crippen LogP contribution in [0, 0.1) is 13.8 Å².